The SMILES string of the molecule is CC1=NC(CCO)=C[NH+]1C. The molecule has 3 nitrogen and oxygen atoms in total. The van der Waals surface area contributed by atoms with Crippen LogP contribution in [0.2, 0.25) is 0 Å². The van der Waals surface area contributed by atoms with Crippen LogP contribution in [0.25, 0.3) is 0 Å². The van der Waals surface area contributed by atoms with Crippen molar-refractivity contribution in [3.63, 3.8) is 0 Å². The fourth-order valence-electron chi connectivity index (χ4n) is 0.933. The molecule has 1 unspecified atom stereocenters. The molecule has 10 heavy (non-hydrogen) atoms. The number of aliphatic hydroxyl groups excluding tert-OH is 1. The number of amidine groups is 1. The standard InChI is InChI=1S/C7H12N2O/c1-6-8-7(3-4-10)5-9(6)2/h5,10H,3-4H2,1-2H3/p+1. The van der Waals surface area contributed by atoms with E-state index in [9.17, 15) is 0 Å². The monoisotopic (exact) mass is 141 g/mol. The lowest BCUT2D eigenvalue weighted by atomic mass is 10.4. The summed E-state index contributed by atoms with van der Waals surface area (Å²) >= 11 is 0. The molecule has 3 heteroatoms. The van der Waals surface area contributed by atoms with Crippen LogP contribution in [-0.4, -0.2) is 24.6 Å². The first-order valence-electron chi connectivity index (χ1n) is 3.44. The van der Waals surface area contributed by atoms with Crippen molar-refractivity contribution in [1.82, 2.24) is 0 Å². The summed E-state index contributed by atoms with van der Waals surface area (Å²) in [6.45, 7) is 2.17. The van der Waals surface area contributed by atoms with E-state index in [1.807, 2.05) is 20.2 Å². The molecule has 56 valence electrons. The van der Waals surface area contributed by atoms with Crippen molar-refractivity contribution in [2.24, 2.45) is 4.99 Å². The van der Waals surface area contributed by atoms with Crippen LogP contribution < -0.4 is 4.90 Å². The smallest absolute Gasteiger partial charge is 0.202 e. The van der Waals surface area contributed by atoms with Gasteiger partial charge in [-0.2, -0.15) is 4.99 Å². The van der Waals surface area contributed by atoms with Crippen LogP contribution in [-0.2, 0) is 0 Å². The lowest BCUT2D eigenvalue weighted by molar-refractivity contribution is -0.719. The zero-order valence-corrected chi connectivity index (χ0v) is 6.39. The molecule has 0 fully saturated rings. The Morgan fingerprint density at radius 1 is 1.70 bits per heavy atom. The van der Waals surface area contributed by atoms with Crippen molar-refractivity contribution < 1.29 is 10.0 Å². The summed E-state index contributed by atoms with van der Waals surface area (Å²) in [4.78, 5) is 5.45. The van der Waals surface area contributed by atoms with E-state index in [4.69, 9.17) is 5.11 Å². The number of aliphatic imine (C=N–C) groups is 1. The van der Waals surface area contributed by atoms with Crippen molar-refractivity contribution in [2.75, 3.05) is 13.7 Å². The van der Waals surface area contributed by atoms with Gasteiger partial charge >= 0.3 is 0 Å². The Bertz CT molecular complexity index is 184. The quantitative estimate of drug-likeness (QED) is 0.517. The molecule has 1 rings (SSSR count). The van der Waals surface area contributed by atoms with Gasteiger partial charge in [-0.15, -0.1) is 0 Å². The van der Waals surface area contributed by atoms with Crippen molar-refractivity contribution >= 4 is 5.84 Å². The van der Waals surface area contributed by atoms with E-state index in [1.54, 1.807) is 0 Å². The van der Waals surface area contributed by atoms with E-state index in [1.165, 1.54) is 4.90 Å². The van der Waals surface area contributed by atoms with Gasteiger partial charge in [-0.3, -0.25) is 4.90 Å². The van der Waals surface area contributed by atoms with E-state index in [0.29, 0.717) is 6.42 Å². The van der Waals surface area contributed by atoms with E-state index >= 15 is 0 Å². The van der Waals surface area contributed by atoms with Crippen LogP contribution in [0.1, 0.15) is 13.3 Å². The van der Waals surface area contributed by atoms with Gasteiger partial charge in [-0.25, -0.2) is 0 Å². The molecule has 1 atom stereocenters. The van der Waals surface area contributed by atoms with Gasteiger partial charge in [0, 0.05) is 20.0 Å². The molecule has 0 aromatic rings. The van der Waals surface area contributed by atoms with Crippen LogP contribution in [0.5, 0.6) is 0 Å². The molecule has 2 N–H and O–H groups in total. The van der Waals surface area contributed by atoms with Gasteiger partial charge in [0.15, 0.2) is 0 Å². The molecule has 1 heterocycles. The zero-order valence-electron chi connectivity index (χ0n) is 6.39. The van der Waals surface area contributed by atoms with E-state index in [0.717, 1.165) is 11.5 Å². The molecular weight excluding hydrogens is 128 g/mol. The number of quaternary nitrogens is 1. The highest BCUT2D eigenvalue weighted by Crippen LogP contribution is 2.02. The minimum Gasteiger partial charge on any atom is -0.396 e. The second-order valence-corrected chi connectivity index (χ2v) is 2.49. The third kappa shape index (κ3) is 1.43. The average Bonchev–Trinajstić information content (AvgIpc) is 2.14. The summed E-state index contributed by atoms with van der Waals surface area (Å²) in [5.74, 6) is 1.07. The van der Waals surface area contributed by atoms with Gasteiger partial charge < -0.3 is 5.11 Å². The molecule has 0 aromatic heterocycles. The highest BCUT2D eigenvalue weighted by atomic mass is 16.3. The zero-order chi connectivity index (χ0) is 7.56. The number of aliphatic hydroxyl groups is 1. The van der Waals surface area contributed by atoms with Crippen molar-refractivity contribution in [2.45, 2.75) is 13.3 Å². The van der Waals surface area contributed by atoms with Crippen LogP contribution in [0.15, 0.2) is 16.9 Å². The van der Waals surface area contributed by atoms with E-state index in [2.05, 4.69) is 4.99 Å². The fraction of sp³-hybridized carbons (Fsp3) is 0.571. The number of hydrogen-bond acceptors (Lipinski definition) is 2. The van der Waals surface area contributed by atoms with E-state index < -0.39 is 0 Å². The van der Waals surface area contributed by atoms with Crippen LogP contribution in [0.3, 0.4) is 0 Å². The second-order valence-electron chi connectivity index (χ2n) is 2.49. The Labute approximate surface area is 60.7 Å². The fourth-order valence-corrected chi connectivity index (χ4v) is 0.933. The van der Waals surface area contributed by atoms with Crippen molar-refractivity contribution in [3.05, 3.63) is 11.9 Å². The maximum atomic E-state index is 8.58. The van der Waals surface area contributed by atoms with E-state index in [-0.39, 0.29) is 6.61 Å². The Kier molecular flexibility index (Phi) is 2.19. The summed E-state index contributed by atoms with van der Waals surface area (Å²) in [7, 11) is 2.03. The topological polar surface area (TPSA) is 37.0 Å². The summed E-state index contributed by atoms with van der Waals surface area (Å²) in [6.07, 6.45) is 2.69. The molecule has 0 spiro atoms. The molecule has 0 amide bonds. The Morgan fingerprint density at radius 3 is 2.80 bits per heavy atom. The minimum atomic E-state index is 0.190. The van der Waals surface area contributed by atoms with Gasteiger partial charge in [-0.1, -0.05) is 0 Å². The van der Waals surface area contributed by atoms with Crippen LogP contribution in [0, 0.1) is 0 Å². The molecule has 0 radical (unpaired) electrons. The molecule has 0 saturated carbocycles. The molecule has 0 aliphatic carbocycles. The van der Waals surface area contributed by atoms with Crippen molar-refractivity contribution in [1.29, 1.82) is 0 Å². The lowest BCUT2D eigenvalue weighted by Gasteiger charge is -1.96. The van der Waals surface area contributed by atoms with Crippen LogP contribution in [0.4, 0.5) is 0 Å². The van der Waals surface area contributed by atoms with Crippen LogP contribution >= 0.6 is 0 Å². The number of rotatable bonds is 2. The maximum absolute atomic E-state index is 8.58. The Balaban J connectivity index is 2.57. The molecule has 1 aliphatic rings. The maximum Gasteiger partial charge on any atom is 0.202 e. The molecular formula is C7H13N2O+. The molecule has 0 saturated heterocycles. The number of nitrogens with zero attached hydrogens (tertiary/aromatic N) is 1. The minimum absolute atomic E-state index is 0.190. The second kappa shape index (κ2) is 2.94. The lowest BCUT2D eigenvalue weighted by Crippen LogP contribution is -3.05. The molecule has 0 aromatic carbocycles. The third-order valence-electron chi connectivity index (χ3n) is 1.63. The predicted octanol–water partition coefficient (Wildman–Crippen LogP) is -0.843. The highest BCUT2D eigenvalue weighted by Gasteiger charge is 2.13. The number of nitrogens with one attached hydrogen (secondary N) is 1. The predicted molar refractivity (Wildman–Crippen MR) is 39.8 cm³/mol. The number of hydrogen-bond donors (Lipinski definition) is 2. The molecule has 0 bridgehead atoms. The van der Waals surface area contributed by atoms with Gasteiger partial charge in [0.25, 0.3) is 0 Å². The summed E-state index contributed by atoms with van der Waals surface area (Å²) in [6, 6.07) is 0. The van der Waals surface area contributed by atoms with Gasteiger partial charge in [0.05, 0.1) is 7.05 Å². The Morgan fingerprint density at radius 2 is 2.40 bits per heavy atom. The first kappa shape index (κ1) is 7.44. The van der Waals surface area contributed by atoms with Gasteiger partial charge in [0.1, 0.15) is 11.9 Å². The summed E-state index contributed by atoms with van der Waals surface area (Å²) < 4.78 is 0. The Hall–Kier alpha value is -0.670. The molecule has 1 aliphatic heterocycles. The third-order valence-corrected chi connectivity index (χ3v) is 1.63. The van der Waals surface area contributed by atoms with Gasteiger partial charge in [-0.05, 0) is 0 Å². The summed E-state index contributed by atoms with van der Waals surface area (Å²) in [5.41, 5.74) is 0.998. The normalized spacial score (nSPS) is 24.5. The average molecular weight is 141 g/mol. The highest BCUT2D eigenvalue weighted by molar-refractivity contribution is 5.73. The first-order valence-corrected chi connectivity index (χ1v) is 3.44. The van der Waals surface area contributed by atoms with Crippen molar-refractivity contribution in [3.8, 4) is 0 Å². The first-order chi connectivity index (χ1) is 4.74. The largest absolute Gasteiger partial charge is 0.396 e. The van der Waals surface area contributed by atoms with Gasteiger partial charge in [0.2, 0.25) is 5.84 Å². The summed E-state index contributed by atoms with van der Waals surface area (Å²) in [5, 5.41) is 8.58.